The number of aryl methyl sites for hydroxylation is 1. The number of thiazole rings is 1. The van der Waals surface area contributed by atoms with E-state index in [1.807, 2.05) is 0 Å². The minimum atomic E-state index is -3.91. The van der Waals surface area contributed by atoms with E-state index in [-0.39, 0.29) is 34.0 Å². The third-order valence-electron chi connectivity index (χ3n) is 4.49. The second-order valence-corrected chi connectivity index (χ2v) is 9.16. The van der Waals surface area contributed by atoms with E-state index in [9.17, 15) is 22.8 Å². The van der Waals surface area contributed by atoms with Crippen LogP contribution in [0.2, 0.25) is 0 Å². The second kappa shape index (κ2) is 8.92. The fourth-order valence-electron chi connectivity index (χ4n) is 2.84. The number of Topliss-reactive ketones (excluding diaryl/α,β-unsaturated/α-hetero) is 1. The van der Waals surface area contributed by atoms with E-state index in [1.54, 1.807) is 22.8 Å². The molecule has 3 rings (SSSR count). The van der Waals surface area contributed by atoms with Crippen molar-refractivity contribution in [3.63, 3.8) is 0 Å². The van der Waals surface area contributed by atoms with Gasteiger partial charge in [-0.25, -0.2) is 13.6 Å². The van der Waals surface area contributed by atoms with E-state index in [0.717, 1.165) is 11.3 Å². The number of carbonyl (C=O) groups excluding carboxylic acids is 3. The molecule has 0 atom stereocenters. The van der Waals surface area contributed by atoms with Gasteiger partial charge in [0.15, 0.2) is 10.6 Å². The van der Waals surface area contributed by atoms with Crippen molar-refractivity contribution in [1.29, 1.82) is 0 Å². The van der Waals surface area contributed by atoms with Gasteiger partial charge in [0.1, 0.15) is 0 Å². The van der Waals surface area contributed by atoms with Crippen LogP contribution in [0.5, 0.6) is 0 Å². The van der Waals surface area contributed by atoms with Gasteiger partial charge in [0, 0.05) is 17.7 Å². The number of sulfonamides is 1. The number of carbonyl (C=O) groups is 3. The van der Waals surface area contributed by atoms with E-state index >= 15 is 0 Å². The quantitative estimate of drug-likeness (QED) is 0.439. The number of rotatable bonds is 6. The maximum absolute atomic E-state index is 12.7. The van der Waals surface area contributed by atoms with E-state index in [4.69, 9.17) is 5.14 Å². The zero-order valence-electron chi connectivity index (χ0n) is 16.7. The summed E-state index contributed by atoms with van der Waals surface area (Å²) < 4.78 is 30.2. The molecule has 0 radical (unpaired) electrons. The second-order valence-electron chi connectivity index (χ2n) is 6.59. The summed E-state index contributed by atoms with van der Waals surface area (Å²) in [7, 11) is -2.63. The van der Waals surface area contributed by atoms with Crippen LogP contribution in [0.4, 0.5) is 0 Å². The number of nitrogens with two attached hydrogens (primary N) is 1. The fourth-order valence-corrected chi connectivity index (χ4v) is 4.54. The molecule has 162 valence electrons. The predicted octanol–water partition coefficient (Wildman–Crippen LogP) is 1.86. The summed E-state index contributed by atoms with van der Waals surface area (Å²) in [4.78, 5) is 40.1. The normalized spacial score (nSPS) is 12.2. The number of aromatic nitrogens is 1. The van der Waals surface area contributed by atoms with Crippen molar-refractivity contribution in [3.05, 3.63) is 58.4 Å². The van der Waals surface area contributed by atoms with Crippen LogP contribution in [0, 0.1) is 0 Å². The first-order valence-electron chi connectivity index (χ1n) is 9.03. The van der Waals surface area contributed by atoms with Crippen molar-refractivity contribution in [2.24, 2.45) is 10.1 Å². The Morgan fingerprint density at radius 3 is 2.32 bits per heavy atom. The lowest BCUT2D eigenvalue weighted by molar-refractivity contribution is -0.140. The summed E-state index contributed by atoms with van der Waals surface area (Å²) in [5.41, 5.74) is 1.36. The molecule has 3 aromatic rings. The molecule has 0 fully saturated rings. The van der Waals surface area contributed by atoms with Gasteiger partial charge in [-0.15, -0.1) is 0 Å². The van der Waals surface area contributed by atoms with Crippen LogP contribution in [0.15, 0.2) is 52.4 Å². The third kappa shape index (κ3) is 5.13. The highest BCUT2D eigenvalue weighted by Crippen LogP contribution is 2.22. The number of amides is 1. The Balaban J connectivity index is 2.10. The molecule has 0 saturated carbocycles. The summed E-state index contributed by atoms with van der Waals surface area (Å²) in [5.74, 6) is -1.10. The molecule has 1 heterocycles. The molecule has 0 saturated heterocycles. The van der Waals surface area contributed by atoms with Gasteiger partial charge in [-0.1, -0.05) is 23.5 Å². The fraction of sp³-hybridized carbons (Fsp3) is 0.200. The Morgan fingerprint density at radius 2 is 1.74 bits per heavy atom. The van der Waals surface area contributed by atoms with Crippen molar-refractivity contribution in [2.75, 3.05) is 7.11 Å². The molecule has 0 aliphatic rings. The van der Waals surface area contributed by atoms with Crippen LogP contribution in [0.25, 0.3) is 10.2 Å². The summed E-state index contributed by atoms with van der Waals surface area (Å²) in [6.07, 6.45) is 0.0357. The maximum atomic E-state index is 12.7. The number of ether oxygens (including phenoxy) is 1. The molecule has 2 N–H and O–H groups in total. The smallest absolute Gasteiger partial charge is 0.307 e. The van der Waals surface area contributed by atoms with Gasteiger partial charge in [-0.3, -0.25) is 14.4 Å². The first-order valence-corrected chi connectivity index (χ1v) is 11.4. The highest BCUT2D eigenvalue weighted by atomic mass is 32.2. The number of hydrogen-bond acceptors (Lipinski definition) is 7. The summed E-state index contributed by atoms with van der Waals surface area (Å²) in [5, 5.41) is 5.21. The lowest BCUT2D eigenvalue weighted by atomic mass is 10.1. The lowest BCUT2D eigenvalue weighted by Crippen LogP contribution is -2.19. The first-order chi connectivity index (χ1) is 14.6. The zero-order valence-corrected chi connectivity index (χ0v) is 18.3. The molecular formula is C20H19N3O6S2. The molecule has 1 aromatic heterocycles. The van der Waals surface area contributed by atoms with E-state index in [2.05, 4.69) is 9.73 Å². The van der Waals surface area contributed by atoms with Crippen LogP contribution in [-0.4, -0.2) is 37.8 Å². The number of ketones is 1. The largest absolute Gasteiger partial charge is 0.469 e. The van der Waals surface area contributed by atoms with Crippen molar-refractivity contribution < 1.29 is 27.5 Å². The van der Waals surface area contributed by atoms with E-state index < -0.39 is 21.9 Å². The highest BCUT2D eigenvalue weighted by molar-refractivity contribution is 7.89. The van der Waals surface area contributed by atoms with Gasteiger partial charge in [0.25, 0.3) is 5.91 Å². The van der Waals surface area contributed by atoms with Crippen molar-refractivity contribution >= 4 is 49.2 Å². The standard InChI is InChI=1S/C20H19N3O6S2/c1-12(24)13-3-5-14(6-4-13)19(26)22-20-23(10-9-18(25)29-2)16-8-7-15(31(21,27)28)11-17(16)30-20/h3-8,11H,9-10H2,1-2H3,(H2,21,27,28). The first kappa shape index (κ1) is 22.5. The number of nitrogens with zero attached hydrogens (tertiary/aromatic N) is 2. The van der Waals surface area contributed by atoms with Crippen LogP contribution in [0.1, 0.15) is 34.1 Å². The minimum absolute atomic E-state index is 0.0357. The average Bonchev–Trinajstić information content (AvgIpc) is 3.07. The van der Waals surface area contributed by atoms with Crippen LogP contribution in [-0.2, 0) is 26.1 Å². The van der Waals surface area contributed by atoms with Crippen LogP contribution < -0.4 is 9.94 Å². The number of primary sulfonamides is 1. The number of fused-ring (bicyclic) bond motifs is 1. The molecule has 0 unspecified atom stereocenters. The molecule has 31 heavy (non-hydrogen) atoms. The van der Waals surface area contributed by atoms with Gasteiger partial charge in [0.05, 0.1) is 28.6 Å². The average molecular weight is 462 g/mol. The molecule has 11 heteroatoms. The maximum Gasteiger partial charge on any atom is 0.307 e. The predicted molar refractivity (Wildman–Crippen MR) is 114 cm³/mol. The number of benzene rings is 2. The number of esters is 1. The van der Waals surface area contributed by atoms with Crippen molar-refractivity contribution in [1.82, 2.24) is 4.57 Å². The molecular weight excluding hydrogens is 442 g/mol. The van der Waals surface area contributed by atoms with Crippen LogP contribution >= 0.6 is 11.3 Å². The van der Waals surface area contributed by atoms with Crippen molar-refractivity contribution in [3.8, 4) is 0 Å². The van der Waals surface area contributed by atoms with Crippen molar-refractivity contribution in [2.45, 2.75) is 24.8 Å². The molecule has 0 aliphatic carbocycles. The number of methoxy groups -OCH3 is 1. The Bertz CT molecular complexity index is 1350. The van der Waals surface area contributed by atoms with E-state index in [0.29, 0.717) is 15.8 Å². The summed E-state index contributed by atoms with van der Waals surface area (Å²) in [6, 6.07) is 10.4. The summed E-state index contributed by atoms with van der Waals surface area (Å²) in [6.45, 7) is 1.61. The Morgan fingerprint density at radius 1 is 1.10 bits per heavy atom. The molecule has 2 aromatic carbocycles. The topological polar surface area (TPSA) is 138 Å². The number of hydrogen-bond donors (Lipinski definition) is 1. The van der Waals surface area contributed by atoms with E-state index in [1.165, 1.54) is 38.3 Å². The van der Waals surface area contributed by atoms with Gasteiger partial charge in [0.2, 0.25) is 10.0 Å². The Labute approximate surface area is 181 Å². The monoisotopic (exact) mass is 461 g/mol. The zero-order chi connectivity index (χ0) is 22.8. The Hall–Kier alpha value is -3.15. The lowest BCUT2D eigenvalue weighted by Gasteiger charge is -2.05. The molecule has 0 aliphatic heterocycles. The van der Waals surface area contributed by atoms with Gasteiger partial charge >= 0.3 is 5.97 Å². The highest BCUT2D eigenvalue weighted by Gasteiger charge is 2.15. The molecule has 1 amide bonds. The van der Waals surface area contributed by atoms with Gasteiger partial charge in [-0.2, -0.15) is 4.99 Å². The van der Waals surface area contributed by atoms with Gasteiger partial charge in [-0.05, 0) is 37.3 Å². The summed E-state index contributed by atoms with van der Waals surface area (Å²) >= 11 is 1.09. The third-order valence-corrected chi connectivity index (χ3v) is 6.44. The van der Waals surface area contributed by atoms with Gasteiger partial charge < -0.3 is 9.30 Å². The molecule has 0 spiro atoms. The SMILES string of the molecule is COC(=O)CCn1c(=NC(=O)c2ccc(C(C)=O)cc2)sc2cc(S(N)(=O)=O)ccc21. The molecule has 9 nitrogen and oxygen atoms in total. The molecule has 0 bridgehead atoms. The van der Waals surface area contributed by atoms with Crippen LogP contribution in [0.3, 0.4) is 0 Å². The Kier molecular flexibility index (Phi) is 6.48. The minimum Gasteiger partial charge on any atom is -0.469 e.